The summed E-state index contributed by atoms with van der Waals surface area (Å²) in [5, 5.41) is 20.4. The Bertz CT molecular complexity index is 935. The van der Waals surface area contributed by atoms with E-state index in [-0.39, 0.29) is 16.2 Å². The number of hydrogen-bond acceptors (Lipinski definition) is 5. The fourth-order valence-corrected chi connectivity index (χ4v) is 4.91. The summed E-state index contributed by atoms with van der Waals surface area (Å²) in [5.41, 5.74) is 2.82. The van der Waals surface area contributed by atoms with E-state index in [4.69, 9.17) is 16.3 Å². The molecule has 1 unspecified atom stereocenters. The molecule has 1 aliphatic rings. The molecular formula is C21H23ClN2O2S. The van der Waals surface area contributed by atoms with Crippen molar-refractivity contribution < 1.29 is 9.84 Å². The fourth-order valence-electron chi connectivity index (χ4n) is 3.47. The van der Waals surface area contributed by atoms with Gasteiger partial charge in [-0.2, -0.15) is 5.26 Å². The van der Waals surface area contributed by atoms with E-state index in [0.717, 1.165) is 29.8 Å². The lowest BCUT2D eigenvalue weighted by molar-refractivity contribution is 0.218. The molecule has 142 valence electrons. The number of halogens is 1. The van der Waals surface area contributed by atoms with Crippen molar-refractivity contribution in [2.24, 2.45) is 16.3 Å². The van der Waals surface area contributed by atoms with Gasteiger partial charge in [-0.1, -0.05) is 32.4 Å². The topological polar surface area (TPSA) is 65.6 Å². The van der Waals surface area contributed by atoms with Gasteiger partial charge in [0, 0.05) is 11.1 Å². The monoisotopic (exact) mass is 402 g/mol. The fraction of sp³-hybridized carbons (Fsp3) is 0.429. The summed E-state index contributed by atoms with van der Waals surface area (Å²) in [4.78, 5) is 5.84. The number of aliphatic imine (C=N–C) groups is 1. The zero-order chi connectivity index (χ0) is 19.8. The van der Waals surface area contributed by atoms with Gasteiger partial charge in [0.25, 0.3) is 0 Å². The number of phenolic OH excluding ortho intramolecular Hbond substituents is 1. The van der Waals surface area contributed by atoms with Gasteiger partial charge in [0.2, 0.25) is 0 Å². The van der Waals surface area contributed by atoms with Gasteiger partial charge in [-0.05, 0) is 53.9 Å². The molecule has 1 heterocycles. The summed E-state index contributed by atoms with van der Waals surface area (Å²) in [6, 6.07) is 5.63. The van der Waals surface area contributed by atoms with Gasteiger partial charge >= 0.3 is 0 Å². The van der Waals surface area contributed by atoms with Gasteiger partial charge < -0.3 is 9.84 Å². The standard InChI is InChI=1S/C21H23ClN2O2S/c1-21(2,3)13-5-6-14-15(10-23)20(27-18(14)9-13)24-11-12-7-16(22)19(25)17(8-12)26-4/h7-8,11,13,25H,5-6,9H2,1-4H3. The number of hydrogen-bond donors (Lipinski definition) is 1. The van der Waals surface area contributed by atoms with E-state index < -0.39 is 0 Å². The molecule has 2 aromatic rings. The lowest BCUT2D eigenvalue weighted by Crippen LogP contribution is -2.26. The predicted octanol–water partition coefficient (Wildman–Crippen LogP) is 5.89. The van der Waals surface area contributed by atoms with Crippen molar-refractivity contribution in [1.82, 2.24) is 0 Å². The van der Waals surface area contributed by atoms with Gasteiger partial charge in [0.1, 0.15) is 11.1 Å². The lowest BCUT2D eigenvalue weighted by Gasteiger charge is -2.33. The minimum Gasteiger partial charge on any atom is -0.503 e. The molecule has 27 heavy (non-hydrogen) atoms. The van der Waals surface area contributed by atoms with Crippen LogP contribution >= 0.6 is 22.9 Å². The molecule has 1 atom stereocenters. The van der Waals surface area contributed by atoms with Gasteiger partial charge in [0.15, 0.2) is 11.5 Å². The number of fused-ring (bicyclic) bond motifs is 1. The van der Waals surface area contributed by atoms with Crippen LogP contribution in [0.25, 0.3) is 0 Å². The highest BCUT2D eigenvalue weighted by Gasteiger charge is 2.32. The predicted molar refractivity (Wildman–Crippen MR) is 111 cm³/mol. The smallest absolute Gasteiger partial charge is 0.176 e. The van der Waals surface area contributed by atoms with Crippen molar-refractivity contribution in [2.75, 3.05) is 7.11 Å². The number of phenols is 1. The third-order valence-corrected chi connectivity index (χ3v) is 6.64. The minimum absolute atomic E-state index is 0.0890. The van der Waals surface area contributed by atoms with Crippen molar-refractivity contribution in [2.45, 2.75) is 40.0 Å². The molecule has 0 spiro atoms. The highest BCUT2D eigenvalue weighted by Crippen LogP contribution is 2.45. The Labute approximate surface area is 169 Å². The summed E-state index contributed by atoms with van der Waals surface area (Å²) in [7, 11) is 1.47. The Balaban J connectivity index is 1.93. The molecule has 4 nitrogen and oxygen atoms in total. The Morgan fingerprint density at radius 3 is 2.78 bits per heavy atom. The van der Waals surface area contributed by atoms with Crippen molar-refractivity contribution in [3.05, 3.63) is 38.7 Å². The Morgan fingerprint density at radius 1 is 1.41 bits per heavy atom. The number of thiophene rings is 1. The maximum Gasteiger partial charge on any atom is 0.176 e. The first-order valence-corrected chi connectivity index (χ1v) is 10.1. The van der Waals surface area contributed by atoms with Crippen LogP contribution in [-0.4, -0.2) is 18.4 Å². The molecule has 0 saturated heterocycles. The Morgan fingerprint density at radius 2 is 2.15 bits per heavy atom. The second kappa shape index (κ2) is 7.53. The van der Waals surface area contributed by atoms with Crippen molar-refractivity contribution in [3.8, 4) is 17.6 Å². The average molecular weight is 403 g/mol. The first kappa shape index (κ1) is 19.7. The molecule has 1 aromatic heterocycles. The third-order valence-electron chi connectivity index (χ3n) is 5.18. The van der Waals surface area contributed by atoms with Crippen molar-refractivity contribution >= 4 is 34.2 Å². The van der Waals surface area contributed by atoms with E-state index in [9.17, 15) is 10.4 Å². The number of nitriles is 1. The minimum atomic E-state index is -0.0890. The molecular weight excluding hydrogens is 380 g/mol. The van der Waals surface area contributed by atoms with Gasteiger partial charge in [-0.15, -0.1) is 11.3 Å². The molecule has 0 amide bonds. The molecule has 6 heteroatoms. The summed E-state index contributed by atoms with van der Waals surface area (Å²) >= 11 is 7.65. The highest BCUT2D eigenvalue weighted by atomic mass is 35.5. The molecule has 1 aromatic carbocycles. The molecule has 1 N–H and O–H groups in total. The molecule has 1 aliphatic carbocycles. The van der Waals surface area contributed by atoms with Crippen LogP contribution in [0.1, 0.15) is 48.8 Å². The van der Waals surface area contributed by atoms with Gasteiger partial charge in [-0.25, -0.2) is 4.99 Å². The van der Waals surface area contributed by atoms with Crippen LogP contribution in [0.15, 0.2) is 17.1 Å². The van der Waals surface area contributed by atoms with E-state index in [0.29, 0.717) is 22.8 Å². The molecule has 0 radical (unpaired) electrons. The zero-order valence-corrected chi connectivity index (χ0v) is 17.5. The Hall–Kier alpha value is -2.03. The maximum absolute atomic E-state index is 9.85. The van der Waals surface area contributed by atoms with Crippen LogP contribution in [0.3, 0.4) is 0 Å². The van der Waals surface area contributed by atoms with E-state index in [1.54, 1.807) is 29.7 Å². The van der Waals surface area contributed by atoms with E-state index in [1.165, 1.54) is 12.0 Å². The summed E-state index contributed by atoms with van der Waals surface area (Å²) < 4.78 is 5.13. The van der Waals surface area contributed by atoms with Gasteiger partial charge in [0.05, 0.1) is 17.7 Å². The first-order valence-electron chi connectivity index (χ1n) is 8.89. The maximum atomic E-state index is 9.85. The first-order chi connectivity index (χ1) is 12.7. The summed E-state index contributed by atoms with van der Waals surface area (Å²) in [5.74, 6) is 0.823. The number of aromatic hydroxyl groups is 1. The van der Waals surface area contributed by atoms with E-state index in [1.807, 2.05) is 0 Å². The third kappa shape index (κ3) is 3.97. The Kier molecular flexibility index (Phi) is 5.50. The average Bonchev–Trinajstić information content (AvgIpc) is 2.98. The van der Waals surface area contributed by atoms with Gasteiger partial charge in [-0.3, -0.25) is 0 Å². The number of ether oxygens (including phenoxy) is 1. The summed E-state index contributed by atoms with van der Waals surface area (Å²) in [6.45, 7) is 6.84. The number of benzene rings is 1. The largest absolute Gasteiger partial charge is 0.503 e. The molecule has 3 rings (SSSR count). The van der Waals surface area contributed by atoms with Crippen LogP contribution in [0.5, 0.6) is 11.5 Å². The number of methoxy groups -OCH3 is 1. The van der Waals surface area contributed by atoms with E-state index in [2.05, 4.69) is 31.8 Å². The second-order valence-corrected chi connectivity index (χ2v) is 9.40. The van der Waals surface area contributed by atoms with Crippen LogP contribution in [0, 0.1) is 22.7 Å². The molecule has 0 aliphatic heterocycles. The van der Waals surface area contributed by atoms with Crippen LogP contribution < -0.4 is 4.74 Å². The number of nitrogens with zero attached hydrogens (tertiary/aromatic N) is 2. The SMILES string of the molecule is COc1cc(C=Nc2sc3c(c2C#N)CCC(C(C)(C)C)C3)cc(Cl)c1O. The normalized spacial score (nSPS) is 17.0. The number of rotatable bonds is 3. The van der Waals surface area contributed by atoms with Crippen LogP contribution in [0.4, 0.5) is 5.00 Å². The molecule has 0 saturated carbocycles. The summed E-state index contributed by atoms with van der Waals surface area (Å²) in [6.07, 6.45) is 4.71. The zero-order valence-electron chi connectivity index (χ0n) is 16.0. The van der Waals surface area contributed by atoms with Crippen molar-refractivity contribution in [3.63, 3.8) is 0 Å². The quantitative estimate of drug-likeness (QED) is 0.651. The van der Waals surface area contributed by atoms with Crippen molar-refractivity contribution in [1.29, 1.82) is 5.26 Å². The van der Waals surface area contributed by atoms with Crippen LogP contribution in [-0.2, 0) is 12.8 Å². The second-order valence-electron chi connectivity index (χ2n) is 7.91. The highest BCUT2D eigenvalue weighted by molar-refractivity contribution is 7.16. The molecule has 0 bridgehead atoms. The lowest BCUT2D eigenvalue weighted by atomic mass is 9.72. The van der Waals surface area contributed by atoms with Crippen LogP contribution in [0.2, 0.25) is 5.02 Å². The van der Waals surface area contributed by atoms with E-state index >= 15 is 0 Å². The molecule has 0 fully saturated rings.